The van der Waals surface area contributed by atoms with E-state index in [1.165, 1.54) is 32.1 Å². The Labute approximate surface area is 213 Å². The van der Waals surface area contributed by atoms with Gasteiger partial charge in [0.05, 0.1) is 19.3 Å². The average molecular weight is 572 g/mol. The molecule has 0 radical (unpaired) electrons. The van der Waals surface area contributed by atoms with Crippen LogP contribution in [0.3, 0.4) is 0 Å². The summed E-state index contributed by atoms with van der Waals surface area (Å²) < 4.78 is 17.5. The average Bonchev–Trinajstić information content (AvgIpc) is 3.64. The lowest BCUT2D eigenvalue weighted by Crippen LogP contribution is -2.34. The predicted molar refractivity (Wildman–Crippen MR) is 140 cm³/mol. The molecule has 1 aromatic carbocycles. The Hall–Kier alpha value is -1.75. The van der Waals surface area contributed by atoms with Gasteiger partial charge in [0, 0.05) is 37.4 Å². The highest BCUT2D eigenvalue weighted by atomic mass is 127. The molecule has 8 nitrogen and oxygen atoms in total. The Bertz CT molecular complexity index is 782. The zero-order valence-corrected chi connectivity index (χ0v) is 21.6. The van der Waals surface area contributed by atoms with Crippen LogP contribution in [-0.2, 0) is 9.53 Å². The van der Waals surface area contributed by atoms with Crippen LogP contribution in [0.1, 0.15) is 57.8 Å². The third-order valence-electron chi connectivity index (χ3n) is 5.85. The van der Waals surface area contributed by atoms with Crippen molar-refractivity contribution in [1.82, 2.24) is 10.6 Å². The molecule has 1 amide bonds. The Morgan fingerprint density at radius 2 is 1.82 bits per heavy atom. The molecule has 2 saturated carbocycles. The fourth-order valence-electron chi connectivity index (χ4n) is 3.93. The summed E-state index contributed by atoms with van der Waals surface area (Å²) in [6.45, 7) is 2.84. The molecular formula is C24H37IN4O4. The minimum Gasteiger partial charge on any atom is -0.490 e. The van der Waals surface area contributed by atoms with E-state index in [9.17, 15) is 4.79 Å². The van der Waals surface area contributed by atoms with Crippen LogP contribution in [-0.4, -0.2) is 56.9 Å². The number of fused-ring (bicyclic) bond motifs is 1. The highest BCUT2D eigenvalue weighted by Crippen LogP contribution is 2.32. The van der Waals surface area contributed by atoms with E-state index in [1.54, 1.807) is 0 Å². The van der Waals surface area contributed by atoms with Crippen LogP contribution in [0, 0.1) is 0 Å². The SMILES string of the molecule is I.O=C(CN=C(NCCCOC1CCCCC1)Nc1ccc2c(c1)OCCCO2)NC1CC1. The van der Waals surface area contributed by atoms with E-state index >= 15 is 0 Å². The molecule has 1 aliphatic heterocycles. The third kappa shape index (κ3) is 9.19. The van der Waals surface area contributed by atoms with Crippen molar-refractivity contribution in [3.05, 3.63) is 18.2 Å². The highest BCUT2D eigenvalue weighted by molar-refractivity contribution is 14.0. The molecule has 2 fully saturated rings. The zero-order chi connectivity index (χ0) is 22.0. The summed E-state index contributed by atoms with van der Waals surface area (Å²) in [6, 6.07) is 6.08. The number of carbonyl (C=O) groups excluding carboxylic acids is 1. The molecule has 0 atom stereocenters. The number of anilines is 1. The number of nitrogens with one attached hydrogen (secondary N) is 3. The molecule has 4 rings (SSSR count). The van der Waals surface area contributed by atoms with Gasteiger partial charge in [-0.05, 0) is 44.2 Å². The number of halogens is 1. The Morgan fingerprint density at radius 1 is 1.03 bits per heavy atom. The van der Waals surface area contributed by atoms with Crippen LogP contribution in [0.15, 0.2) is 23.2 Å². The molecule has 184 valence electrons. The van der Waals surface area contributed by atoms with Crippen LogP contribution in [0.5, 0.6) is 11.5 Å². The summed E-state index contributed by atoms with van der Waals surface area (Å²) in [5, 5.41) is 9.60. The molecular weight excluding hydrogens is 535 g/mol. The summed E-state index contributed by atoms with van der Waals surface area (Å²) in [5.74, 6) is 2.00. The van der Waals surface area contributed by atoms with Crippen molar-refractivity contribution in [2.75, 3.05) is 38.2 Å². The molecule has 1 aromatic rings. The molecule has 3 aliphatic rings. The number of guanidine groups is 1. The van der Waals surface area contributed by atoms with Gasteiger partial charge in [0.2, 0.25) is 5.91 Å². The van der Waals surface area contributed by atoms with E-state index in [2.05, 4.69) is 20.9 Å². The van der Waals surface area contributed by atoms with Crippen molar-refractivity contribution in [2.45, 2.75) is 69.9 Å². The Kier molecular flexibility index (Phi) is 10.8. The number of ether oxygens (including phenoxy) is 3. The third-order valence-corrected chi connectivity index (χ3v) is 5.85. The van der Waals surface area contributed by atoms with Crippen molar-refractivity contribution in [3.63, 3.8) is 0 Å². The molecule has 0 aromatic heterocycles. The zero-order valence-electron chi connectivity index (χ0n) is 19.3. The smallest absolute Gasteiger partial charge is 0.242 e. The van der Waals surface area contributed by atoms with Gasteiger partial charge < -0.3 is 30.2 Å². The predicted octanol–water partition coefficient (Wildman–Crippen LogP) is 3.84. The van der Waals surface area contributed by atoms with Crippen molar-refractivity contribution in [3.8, 4) is 11.5 Å². The fourth-order valence-corrected chi connectivity index (χ4v) is 3.93. The standard InChI is InChI=1S/C24H36N4O4.HI/c29-23(27-18-8-9-18)17-26-24(25-12-4-13-30-20-6-2-1-3-7-20)28-19-10-11-21-22(16-19)32-15-5-14-31-21;/h10-11,16,18,20H,1-9,12-15,17H2,(H,27,29)(H2,25,26,28);1H. The summed E-state index contributed by atoms with van der Waals surface area (Å²) >= 11 is 0. The number of hydrogen-bond donors (Lipinski definition) is 3. The van der Waals surface area contributed by atoms with Crippen molar-refractivity contribution >= 4 is 41.5 Å². The lowest BCUT2D eigenvalue weighted by molar-refractivity contribution is -0.119. The molecule has 0 unspecified atom stereocenters. The monoisotopic (exact) mass is 572 g/mol. The Balaban J connectivity index is 0.00000306. The quantitative estimate of drug-likeness (QED) is 0.180. The number of aliphatic imine (C=N–C) groups is 1. The van der Waals surface area contributed by atoms with Gasteiger partial charge in [-0.25, -0.2) is 4.99 Å². The number of amides is 1. The molecule has 0 bridgehead atoms. The van der Waals surface area contributed by atoms with Crippen molar-refractivity contribution < 1.29 is 19.0 Å². The second kappa shape index (κ2) is 13.8. The topological polar surface area (TPSA) is 93.2 Å². The summed E-state index contributed by atoms with van der Waals surface area (Å²) in [5.41, 5.74) is 0.835. The first-order valence-electron chi connectivity index (χ1n) is 12.1. The van der Waals surface area contributed by atoms with E-state index < -0.39 is 0 Å². The van der Waals surface area contributed by atoms with E-state index in [4.69, 9.17) is 14.2 Å². The maximum absolute atomic E-state index is 12.1. The largest absolute Gasteiger partial charge is 0.490 e. The van der Waals surface area contributed by atoms with Crippen LogP contribution < -0.4 is 25.4 Å². The van der Waals surface area contributed by atoms with Crippen LogP contribution in [0.25, 0.3) is 0 Å². The van der Waals surface area contributed by atoms with Crippen molar-refractivity contribution in [1.29, 1.82) is 0 Å². The fraction of sp³-hybridized carbons (Fsp3) is 0.667. The number of nitrogens with zero attached hydrogens (tertiary/aromatic N) is 1. The molecule has 2 aliphatic carbocycles. The lowest BCUT2D eigenvalue weighted by atomic mass is 9.98. The first-order valence-corrected chi connectivity index (χ1v) is 12.1. The molecule has 9 heteroatoms. The first kappa shape index (κ1) is 25.9. The van der Waals surface area contributed by atoms with E-state index in [0.717, 1.165) is 49.5 Å². The van der Waals surface area contributed by atoms with E-state index in [1.807, 2.05) is 18.2 Å². The number of hydrogen-bond acceptors (Lipinski definition) is 5. The van der Waals surface area contributed by atoms with Gasteiger partial charge in [0.25, 0.3) is 0 Å². The van der Waals surface area contributed by atoms with E-state index in [-0.39, 0.29) is 36.4 Å². The number of carbonyl (C=O) groups is 1. The summed E-state index contributed by atoms with van der Waals surface area (Å²) in [4.78, 5) is 16.6. The van der Waals surface area contributed by atoms with Crippen LogP contribution in [0.4, 0.5) is 5.69 Å². The van der Waals surface area contributed by atoms with Gasteiger partial charge in [-0.2, -0.15) is 0 Å². The van der Waals surface area contributed by atoms with Gasteiger partial charge >= 0.3 is 0 Å². The van der Waals surface area contributed by atoms with Crippen LogP contribution in [0.2, 0.25) is 0 Å². The number of rotatable bonds is 9. The van der Waals surface area contributed by atoms with Gasteiger partial charge in [-0.15, -0.1) is 24.0 Å². The van der Waals surface area contributed by atoms with Gasteiger partial charge in [-0.1, -0.05) is 19.3 Å². The van der Waals surface area contributed by atoms with Gasteiger partial charge in [0.1, 0.15) is 6.54 Å². The van der Waals surface area contributed by atoms with Crippen LogP contribution >= 0.6 is 24.0 Å². The van der Waals surface area contributed by atoms with E-state index in [0.29, 0.717) is 37.9 Å². The molecule has 1 heterocycles. The molecule has 0 saturated heterocycles. The summed E-state index contributed by atoms with van der Waals surface area (Å²) in [6.07, 6.45) is 10.6. The molecule has 33 heavy (non-hydrogen) atoms. The molecule has 0 spiro atoms. The second-order valence-corrected chi connectivity index (χ2v) is 8.75. The first-order chi connectivity index (χ1) is 15.8. The maximum Gasteiger partial charge on any atom is 0.242 e. The highest BCUT2D eigenvalue weighted by Gasteiger charge is 2.23. The Morgan fingerprint density at radius 3 is 2.61 bits per heavy atom. The normalized spacial score (nSPS) is 18.6. The second-order valence-electron chi connectivity index (χ2n) is 8.75. The lowest BCUT2D eigenvalue weighted by Gasteiger charge is -2.22. The number of benzene rings is 1. The molecule has 3 N–H and O–H groups in total. The van der Waals surface area contributed by atoms with Gasteiger partial charge in [0.15, 0.2) is 17.5 Å². The van der Waals surface area contributed by atoms with Gasteiger partial charge in [-0.3, -0.25) is 4.79 Å². The minimum atomic E-state index is -0.0482. The minimum absolute atomic E-state index is 0. The maximum atomic E-state index is 12.1. The summed E-state index contributed by atoms with van der Waals surface area (Å²) in [7, 11) is 0. The van der Waals surface area contributed by atoms with Crippen molar-refractivity contribution in [2.24, 2.45) is 4.99 Å².